The van der Waals surface area contributed by atoms with Gasteiger partial charge in [0.2, 0.25) is 0 Å². The van der Waals surface area contributed by atoms with Gasteiger partial charge in [0.15, 0.2) is 19.0 Å². The molecule has 1 amide bonds. The van der Waals surface area contributed by atoms with Crippen molar-refractivity contribution in [2.24, 2.45) is 0 Å². The lowest BCUT2D eigenvalue weighted by Gasteiger charge is -2.15. The Bertz CT molecular complexity index is 750. The van der Waals surface area contributed by atoms with E-state index in [1.54, 1.807) is 25.1 Å². The zero-order chi connectivity index (χ0) is 17.7. The molecule has 0 spiro atoms. The van der Waals surface area contributed by atoms with Crippen LogP contribution in [0.25, 0.3) is 0 Å². The molecule has 0 aliphatic heterocycles. The molecule has 1 N–H and O–H groups in total. The highest BCUT2D eigenvalue weighted by molar-refractivity contribution is 6.42. The number of benzene rings is 1. The average molecular weight is 369 g/mol. The van der Waals surface area contributed by atoms with E-state index in [-0.39, 0.29) is 11.6 Å². The first-order chi connectivity index (χ1) is 11.4. The first kappa shape index (κ1) is 18.0. The third-order valence-corrected chi connectivity index (χ3v) is 3.93. The summed E-state index contributed by atoms with van der Waals surface area (Å²) < 4.78 is 5.44. The molecule has 1 aromatic heterocycles. The molecule has 1 atom stereocenters. The van der Waals surface area contributed by atoms with Gasteiger partial charge in [-0.2, -0.15) is 4.73 Å². The molecular weight excluding hydrogens is 355 g/mol. The Morgan fingerprint density at radius 2 is 1.88 bits per heavy atom. The Morgan fingerprint density at radius 1 is 1.21 bits per heavy atom. The Hall–Kier alpha value is -2.31. The van der Waals surface area contributed by atoms with Crippen LogP contribution in [0.2, 0.25) is 10.0 Å². The van der Waals surface area contributed by atoms with Crippen molar-refractivity contribution < 1.29 is 19.1 Å². The molecule has 0 radical (unpaired) electrons. The number of nitrogens with one attached hydrogen (secondary N) is 1. The fourth-order valence-electron chi connectivity index (χ4n) is 1.91. The van der Waals surface area contributed by atoms with Crippen LogP contribution in [-0.4, -0.2) is 18.5 Å². The van der Waals surface area contributed by atoms with Crippen molar-refractivity contribution in [1.29, 1.82) is 0 Å². The molecular formula is C16H14Cl2N2O4. The summed E-state index contributed by atoms with van der Waals surface area (Å²) >= 11 is 11.8. The molecule has 0 aliphatic carbocycles. The van der Waals surface area contributed by atoms with Crippen LogP contribution in [0.3, 0.4) is 0 Å². The van der Waals surface area contributed by atoms with E-state index in [9.17, 15) is 14.8 Å². The van der Waals surface area contributed by atoms with E-state index in [4.69, 9.17) is 27.9 Å². The highest BCUT2D eigenvalue weighted by Crippen LogP contribution is 2.25. The Kier molecular flexibility index (Phi) is 6.00. The van der Waals surface area contributed by atoms with E-state index in [0.717, 1.165) is 5.56 Å². The topological polar surface area (TPSA) is 82.3 Å². The van der Waals surface area contributed by atoms with E-state index in [0.29, 0.717) is 14.8 Å². The lowest BCUT2D eigenvalue weighted by Crippen LogP contribution is -2.31. The van der Waals surface area contributed by atoms with Crippen LogP contribution in [-0.2, 0) is 9.53 Å². The van der Waals surface area contributed by atoms with Crippen LogP contribution >= 0.6 is 23.2 Å². The number of nitrogens with zero attached hydrogens (tertiary/aromatic N) is 1. The van der Waals surface area contributed by atoms with Gasteiger partial charge in [-0.05, 0) is 24.6 Å². The lowest BCUT2D eigenvalue weighted by molar-refractivity contribution is -0.605. The molecule has 6 nitrogen and oxygen atoms in total. The second kappa shape index (κ2) is 7.99. The highest BCUT2D eigenvalue weighted by atomic mass is 35.5. The second-order valence-corrected chi connectivity index (χ2v) is 5.80. The number of carbonyl (C=O) groups excluding carboxylic acids is 2. The van der Waals surface area contributed by atoms with Gasteiger partial charge in [-0.3, -0.25) is 4.79 Å². The van der Waals surface area contributed by atoms with Crippen LogP contribution in [0.15, 0.2) is 42.7 Å². The fraction of sp³-hybridized carbons (Fsp3) is 0.188. The van der Waals surface area contributed by atoms with Gasteiger partial charge in [-0.15, -0.1) is 0 Å². The summed E-state index contributed by atoms with van der Waals surface area (Å²) in [6, 6.07) is 7.33. The quantitative estimate of drug-likeness (QED) is 0.499. The number of carbonyl (C=O) groups is 2. The third kappa shape index (κ3) is 4.84. The normalized spacial score (nSPS) is 11.6. The van der Waals surface area contributed by atoms with Crippen molar-refractivity contribution in [2.75, 3.05) is 6.61 Å². The molecule has 126 valence electrons. The number of amides is 1. The summed E-state index contributed by atoms with van der Waals surface area (Å²) in [5.74, 6) is -1.15. The summed E-state index contributed by atoms with van der Waals surface area (Å²) in [6.07, 6.45) is 2.34. The van der Waals surface area contributed by atoms with Crippen molar-refractivity contribution in [2.45, 2.75) is 13.0 Å². The van der Waals surface area contributed by atoms with E-state index < -0.39 is 18.5 Å². The molecule has 0 unspecified atom stereocenters. The van der Waals surface area contributed by atoms with Crippen molar-refractivity contribution in [3.8, 4) is 0 Å². The number of ether oxygens (including phenoxy) is 1. The largest absolute Gasteiger partial charge is 0.619 e. The monoisotopic (exact) mass is 368 g/mol. The third-order valence-electron chi connectivity index (χ3n) is 3.19. The van der Waals surface area contributed by atoms with Crippen LogP contribution in [0, 0.1) is 5.21 Å². The summed E-state index contributed by atoms with van der Waals surface area (Å²) in [7, 11) is 0. The standard InChI is InChI=1S/C16H14Cl2N2O4/c1-10(12-2-3-13(17)14(18)8-12)19-15(21)9-24-16(22)11-4-6-20(23)7-5-11/h2-8,10H,9H2,1H3,(H,19,21)/t10-/m0/s1. The van der Waals surface area contributed by atoms with Crippen LogP contribution in [0.1, 0.15) is 28.9 Å². The first-order valence-corrected chi connectivity index (χ1v) is 7.72. The molecule has 8 heteroatoms. The van der Waals surface area contributed by atoms with Gasteiger partial charge in [0.25, 0.3) is 5.91 Å². The van der Waals surface area contributed by atoms with Crippen molar-refractivity contribution >= 4 is 35.1 Å². The van der Waals surface area contributed by atoms with Crippen molar-refractivity contribution in [3.05, 3.63) is 69.1 Å². The predicted octanol–water partition coefficient (Wildman–Crippen LogP) is 2.66. The molecule has 1 aromatic carbocycles. The van der Waals surface area contributed by atoms with E-state index in [1.165, 1.54) is 24.5 Å². The smallest absolute Gasteiger partial charge is 0.339 e. The van der Waals surface area contributed by atoms with E-state index >= 15 is 0 Å². The SMILES string of the molecule is C[C@H](NC(=O)COC(=O)c1cc[n+]([O-])cc1)c1ccc(Cl)c(Cl)c1. The summed E-state index contributed by atoms with van der Waals surface area (Å²) in [5, 5.41) is 14.4. The number of esters is 1. The van der Waals surface area contributed by atoms with Gasteiger partial charge < -0.3 is 15.3 Å². The molecule has 0 bridgehead atoms. The van der Waals surface area contributed by atoms with Gasteiger partial charge in [-0.25, -0.2) is 4.79 Å². The van der Waals surface area contributed by atoms with Crippen molar-refractivity contribution in [3.63, 3.8) is 0 Å². The van der Waals surface area contributed by atoms with Gasteiger partial charge in [0.1, 0.15) is 0 Å². The second-order valence-electron chi connectivity index (χ2n) is 4.99. The first-order valence-electron chi connectivity index (χ1n) is 6.97. The van der Waals surface area contributed by atoms with Gasteiger partial charge in [-0.1, -0.05) is 29.3 Å². The summed E-state index contributed by atoms with van der Waals surface area (Å²) in [5.41, 5.74) is 0.958. The molecule has 24 heavy (non-hydrogen) atoms. The number of rotatable bonds is 5. The number of pyridine rings is 1. The zero-order valence-electron chi connectivity index (χ0n) is 12.7. The Balaban J connectivity index is 1.87. The van der Waals surface area contributed by atoms with Crippen LogP contribution < -0.4 is 10.0 Å². The summed E-state index contributed by atoms with van der Waals surface area (Å²) in [6.45, 7) is 1.33. The number of hydrogen-bond donors (Lipinski definition) is 1. The van der Waals surface area contributed by atoms with Crippen LogP contribution in [0.5, 0.6) is 0 Å². The molecule has 2 aromatic rings. The van der Waals surface area contributed by atoms with Gasteiger partial charge in [0.05, 0.1) is 21.7 Å². The Morgan fingerprint density at radius 3 is 2.50 bits per heavy atom. The number of halogens is 2. The maximum Gasteiger partial charge on any atom is 0.339 e. The molecule has 0 aliphatic rings. The van der Waals surface area contributed by atoms with Crippen LogP contribution in [0.4, 0.5) is 0 Å². The minimum absolute atomic E-state index is 0.187. The minimum atomic E-state index is -0.687. The summed E-state index contributed by atoms with van der Waals surface area (Å²) in [4.78, 5) is 23.6. The lowest BCUT2D eigenvalue weighted by atomic mass is 10.1. The minimum Gasteiger partial charge on any atom is -0.619 e. The van der Waals surface area contributed by atoms with Gasteiger partial charge in [0, 0.05) is 12.1 Å². The van der Waals surface area contributed by atoms with Gasteiger partial charge >= 0.3 is 5.97 Å². The average Bonchev–Trinajstić information content (AvgIpc) is 2.55. The van der Waals surface area contributed by atoms with Crippen molar-refractivity contribution in [1.82, 2.24) is 5.32 Å². The predicted molar refractivity (Wildman–Crippen MR) is 88.7 cm³/mol. The highest BCUT2D eigenvalue weighted by Gasteiger charge is 2.14. The number of aromatic nitrogens is 1. The molecule has 1 heterocycles. The Labute approximate surface area is 148 Å². The maximum atomic E-state index is 11.9. The fourth-order valence-corrected chi connectivity index (χ4v) is 2.22. The number of hydrogen-bond acceptors (Lipinski definition) is 4. The van der Waals surface area contributed by atoms with E-state index in [2.05, 4.69) is 5.32 Å². The maximum absolute atomic E-state index is 11.9. The zero-order valence-corrected chi connectivity index (χ0v) is 14.2. The molecule has 2 rings (SSSR count). The van der Waals surface area contributed by atoms with E-state index in [1.807, 2.05) is 0 Å². The molecule has 0 saturated carbocycles. The molecule has 0 saturated heterocycles. The molecule has 0 fully saturated rings.